The van der Waals surface area contributed by atoms with Crippen LogP contribution in [0.25, 0.3) is 0 Å². The van der Waals surface area contributed by atoms with Crippen LogP contribution in [0.15, 0.2) is 28.8 Å². The second kappa shape index (κ2) is 5.14. The van der Waals surface area contributed by atoms with Crippen molar-refractivity contribution in [1.82, 2.24) is 10.3 Å². The molecule has 0 fully saturated rings. The van der Waals surface area contributed by atoms with Gasteiger partial charge < -0.3 is 15.5 Å². The van der Waals surface area contributed by atoms with Crippen molar-refractivity contribution in [2.75, 3.05) is 5.73 Å². The number of hydrogen-bond donors (Lipinski definition) is 2. The van der Waals surface area contributed by atoms with E-state index in [1.54, 1.807) is 24.4 Å². The van der Waals surface area contributed by atoms with Crippen LogP contribution in [-0.2, 0) is 0 Å². The molecular weight excluding hydrogens is 242 g/mol. The lowest BCUT2D eigenvalue weighted by Gasteiger charge is -2.11. The first-order valence-electron chi connectivity index (χ1n) is 6.06. The number of nitrogens with one attached hydrogen (secondary N) is 1. The zero-order valence-electron chi connectivity index (χ0n) is 11.2. The van der Waals surface area contributed by atoms with E-state index in [2.05, 4.69) is 10.3 Å². The van der Waals surface area contributed by atoms with Crippen LogP contribution in [0.5, 0.6) is 0 Å². The van der Waals surface area contributed by atoms with Gasteiger partial charge in [0.15, 0.2) is 0 Å². The van der Waals surface area contributed by atoms with Gasteiger partial charge in [-0.3, -0.25) is 4.79 Å². The quantitative estimate of drug-likeness (QED) is 0.829. The summed E-state index contributed by atoms with van der Waals surface area (Å²) < 4.78 is 5.38. The van der Waals surface area contributed by atoms with Crippen LogP contribution in [0, 0.1) is 13.8 Å². The number of benzene rings is 1. The molecule has 0 spiro atoms. The van der Waals surface area contributed by atoms with Gasteiger partial charge >= 0.3 is 0 Å². The van der Waals surface area contributed by atoms with Gasteiger partial charge in [-0.1, -0.05) is 0 Å². The Morgan fingerprint density at radius 2 is 2.16 bits per heavy atom. The maximum atomic E-state index is 12.1. The summed E-state index contributed by atoms with van der Waals surface area (Å²) in [7, 11) is 0. The number of anilines is 1. The molecule has 1 amide bonds. The number of nitrogens with two attached hydrogens (primary N) is 1. The molecule has 0 saturated heterocycles. The monoisotopic (exact) mass is 259 g/mol. The van der Waals surface area contributed by atoms with Crippen molar-refractivity contribution in [3.05, 3.63) is 47.2 Å². The molecule has 100 valence electrons. The topological polar surface area (TPSA) is 81.2 Å². The van der Waals surface area contributed by atoms with Gasteiger partial charge in [-0.15, -0.1) is 0 Å². The Balaban J connectivity index is 2.10. The summed E-state index contributed by atoms with van der Waals surface area (Å²) in [5, 5.41) is 2.84. The zero-order chi connectivity index (χ0) is 14.0. The van der Waals surface area contributed by atoms with E-state index >= 15 is 0 Å². The largest absolute Gasteiger partial charge is 0.444 e. The molecule has 1 aromatic carbocycles. The number of nitrogen functional groups attached to an aromatic ring is 1. The first-order valence-corrected chi connectivity index (χ1v) is 6.06. The second-order valence-corrected chi connectivity index (χ2v) is 4.58. The maximum Gasteiger partial charge on any atom is 0.251 e. The van der Waals surface area contributed by atoms with Crippen molar-refractivity contribution in [2.24, 2.45) is 0 Å². The number of hydrogen-bond acceptors (Lipinski definition) is 4. The summed E-state index contributed by atoms with van der Waals surface area (Å²) in [5.74, 6) is 1.05. The molecule has 5 nitrogen and oxygen atoms in total. The van der Waals surface area contributed by atoms with Crippen LogP contribution < -0.4 is 11.1 Å². The Labute approximate surface area is 111 Å². The van der Waals surface area contributed by atoms with Gasteiger partial charge in [-0.2, -0.15) is 0 Å². The molecule has 0 aliphatic rings. The van der Waals surface area contributed by atoms with E-state index in [9.17, 15) is 4.79 Å². The third-order valence-corrected chi connectivity index (χ3v) is 2.89. The normalized spacial score (nSPS) is 12.2. The van der Waals surface area contributed by atoms with Crippen LogP contribution in [0.3, 0.4) is 0 Å². The minimum Gasteiger partial charge on any atom is -0.444 e. The molecule has 19 heavy (non-hydrogen) atoms. The smallest absolute Gasteiger partial charge is 0.251 e. The summed E-state index contributed by atoms with van der Waals surface area (Å²) >= 11 is 0. The van der Waals surface area contributed by atoms with Gasteiger partial charge in [-0.25, -0.2) is 4.98 Å². The zero-order valence-corrected chi connectivity index (χ0v) is 11.2. The summed E-state index contributed by atoms with van der Waals surface area (Å²) in [4.78, 5) is 16.2. The third kappa shape index (κ3) is 2.93. The Morgan fingerprint density at radius 1 is 1.42 bits per heavy atom. The van der Waals surface area contributed by atoms with Gasteiger partial charge in [0, 0.05) is 11.3 Å². The summed E-state index contributed by atoms with van der Waals surface area (Å²) in [6.45, 7) is 5.51. The van der Waals surface area contributed by atoms with Crippen LogP contribution in [-0.4, -0.2) is 10.9 Å². The van der Waals surface area contributed by atoms with Crippen LogP contribution in [0.4, 0.5) is 5.69 Å². The van der Waals surface area contributed by atoms with E-state index < -0.39 is 0 Å². The fourth-order valence-corrected chi connectivity index (χ4v) is 1.73. The molecule has 0 aliphatic carbocycles. The number of aromatic nitrogens is 1. The van der Waals surface area contributed by atoms with Gasteiger partial charge in [-0.05, 0) is 44.5 Å². The second-order valence-electron chi connectivity index (χ2n) is 4.58. The van der Waals surface area contributed by atoms with E-state index in [0.29, 0.717) is 17.1 Å². The molecule has 0 radical (unpaired) electrons. The molecule has 1 unspecified atom stereocenters. The first-order chi connectivity index (χ1) is 8.97. The maximum absolute atomic E-state index is 12.1. The highest BCUT2D eigenvalue weighted by atomic mass is 16.4. The van der Waals surface area contributed by atoms with Crippen LogP contribution in [0.2, 0.25) is 0 Å². The highest BCUT2D eigenvalue weighted by molar-refractivity contribution is 5.95. The standard InChI is InChI=1S/C14H17N3O2/c1-8-6-11(4-5-12(8)15)13(18)17-10(3)14-16-7-9(2)19-14/h4-7,10H,15H2,1-3H3,(H,17,18). The lowest BCUT2D eigenvalue weighted by atomic mass is 10.1. The molecule has 0 saturated carbocycles. The van der Waals surface area contributed by atoms with Gasteiger partial charge in [0.2, 0.25) is 5.89 Å². The Hall–Kier alpha value is -2.30. The van der Waals surface area contributed by atoms with E-state index in [0.717, 1.165) is 11.3 Å². The van der Waals surface area contributed by atoms with Crippen LogP contribution >= 0.6 is 0 Å². The molecular formula is C14H17N3O2. The van der Waals surface area contributed by atoms with Gasteiger partial charge in [0.1, 0.15) is 11.8 Å². The van der Waals surface area contributed by atoms with Crippen molar-refractivity contribution in [2.45, 2.75) is 26.8 Å². The number of amides is 1. The average molecular weight is 259 g/mol. The fraction of sp³-hybridized carbons (Fsp3) is 0.286. The van der Waals surface area contributed by atoms with Gasteiger partial charge in [0.05, 0.1) is 6.20 Å². The Bertz CT molecular complexity index is 604. The molecule has 1 atom stereocenters. The lowest BCUT2D eigenvalue weighted by Crippen LogP contribution is -2.26. The number of nitrogens with zero attached hydrogens (tertiary/aromatic N) is 1. The SMILES string of the molecule is Cc1cnc(C(C)NC(=O)c2ccc(N)c(C)c2)o1. The summed E-state index contributed by atoms with van der Waals surface area (Å²) in [6, 6.07) is 4.91. The fourth-order valence-electron chi connectivity index (χ4n) is 1.73. The highest BCUT2D eigenvalue weighted by Crippen LogP contribution is 2.15. The average Bonchev–Trinajstić information content (AvgIpc) is 2.79. The predicted octanol–water partition coefficient (Wildman–Crippen LogP) is 2.36. The molecule has 5 heteroatoms. The lowest BCUT2D eigenvalue weighted by molar-refractivity contribution is 0.0934. The number of aryl methyl sites for hydroxylation is 2. The minimum absolute atomic E-state index is 0.175. The Morgan fingerprint density at radius 3 is 2.74 bits per heavy atom. The van der Waals surface area contributed by atoms with Crippen molar-refractivity contribution in [3.8, 4) is 0 Å². The molecule has 0 aliphatic heterocycles. The Kier molecular flexibility index (Phi) is 3.55. The first kappa shape index (κ1) is 13.1. The molecule has 2 aromatic rings. The molecule has 1 aromatic heterocycles. The number of oxazole rings is 1. The van der Waals surface area contributed by atoms with Gasteiger partial charge in [0.25, 0.3) is 5.91 Å². The van der Waals surface area contributed by atoms with Crippen molar-refractivity contribution >= 4 is 11.6 Å². The molecule has 1 heterocycles. The van der Waals surface area contributed by atoms with Crippen LogP contribution in [0.1, 0.15) is 40.5 Å². The highest BCUT2D eigenvalue weighted by Gasteiger charge is 2.15. The number of carbonyl (C=O) groups is 1. The van der Waals surface area contributed by atoms with Crippen molar-refractivity contribution in [1.29, 1.82) is 0 Å². The molecule has 2 rings (SSSR count). The van der Waals surface area contributed by atoms with E-state index in [1.165, 1.54) is 0 Å². The van der Waals surface area contributed by atoms with E-state index in [1.807, 2.05) is 20.8 Å². The summed E-state index contributed by atoms with van der Waals surface area (Å²) in [5.41, 5.74) is 7.85. The molecule has 0 bridgehead atoms. The number of carbonyl (C=O) groups excluding carboxylic acids is 1. The van der Waals surface area contributed by atoms with Crippen molar-refractivity contribution in [3.63, 3.8) is 0 Å². The number of rotatable bonds is 3. The van der Waals surface area contributed by atoms with E-state index in [-0.39, 0.29) is 11.9 Å². The van der Waals surface area contributed by atoms with E-state index in [4.69, 9.17) is 10.2 Å². The predicted molar refractivity (Wildman–Crippen MR) is 72.7 cm³/mol. The molecule has 3 N–H and O–H groups in total. The third-order valence-electron chi connectivity index (χ3n) is 2.89. The van der Waals surface area contributed by atoms with Crippen molar-refractivity contribution < 1.29 is 9.21 Å². The summed E-state index contributed by atoms with van der Waals surface area (Å²) in [6.07, 6.45) is 1.63. The minimum atomic E-state index is -0.279.